The van der Waals surface area contributed by atoms with E-state index in [4.69, 9.17) is 47.4 Å². The normalized spacial score (nSPS) is 26.7. The van der Waals surface area contributed by atoms with Crippen molar-refractivity contribution in [1.82, 2.24) is 0 Å². The highest BCUT2D eigenvalue weighted by Gasteiger charge is 2.52. The minimum absolute atomic E-state index is 0.118. The fraction of sp³-hybridized carbons (Fsp3) is 0.714. The Bertz CT molecular complexity index is 1060. The molecule has 0 amide bonds. The summed E-state index contributed by atoms with van der Waals surface area (Å²) in [6, 6.07) is 0. The van der Waals surface area contributed by atoms with Crippen LogP contribution in [0.2, 0.25) is 0 Å². The lowest BCUT2D eigenvalue weighted by Crippen LogP contribution is -2.42. The van der Waals surface area contributed by atoms with Gasteiger partial charge in [-0.05, 0) is 12.8 Å². The molecular formula is C28H38O18. The third-order valence-corrected chi connectivity index (χ3v) is 6.14. The number of ether oxygens (including phenoxy) is 10. The van der Waals surface area contributed by atoms with E-state index in [1.165, 1.54) is 0 Å². The molecule has 0 aliphatic carbocycles. The minimum Gasteiger partial charge on any atom is -0.463 e. The Hall–Kier alpha value is -4.32. The van der Waals surface area contributed by atoms with E-state index in [-0.39, 0.29) is 25.7 Å². The predicted octanol–water partition coefficient (Wildman–Crippen LogP) is -0.0640. The third kappa shape index (κ3) is 12.6. The molecule has 2 aliphatic rings. The molecule has 0 bridgehead atoms. The van der Waals surface area contributed by atoms with Crippen LogP contribution in [-0.4, -0.2) is 110 Å². The third-order valence-electron chi connectivity index (χ3n) is 6.14. The van der Waals surface area contributed by atoms with Crippen molar-refractivity contribution in [2.45, 2.75) is 116 Å². The van der Waals surface area contributed by atoms with Gasteiger partial charge in [-0.25, -0.2) is 0 Å². The molecule has 0 aromatic carbocycles. The largest absolute Gasteiger partial charge is 0.463 e. The Kier molecular flexibility index (Phi) is 14.8. The van der Waals surface area contributed by atoms with E-state index in [1.54, 1.807) is 0 Å². The molecule has 8 atom stereocenters. The first-order valence-electron chi connectivity index (χ1n) is 14.2. The van der Waals surface area contributed by atoms with Crippen molar-refractivity contribution in [3.8, 4) is 0 Å². The van der Waals surface area contributed by atoms with Gasteiger partial charge in [0.25, 0.3) is 0 Å². The zero-order valence-corrected chi connectivity index (χ0v) is 26.2. The predicted molar refractivity (Wildman–Crippen MR) is 143 cm³/mol. The topological polar surface area (TPSA) is 229 Å². The maximum atomic E-state index is 12.3. The molecule has 0 unspecified atom stereocenters. The first kappa shape index (κ1) is 37.9. The molecule has 2 aliphatic heterocycles. The van der Waals surface area contributed by atoms with Gasteiger partial charge in [-0.3, -0.25) is 38.4 Å². The minimum atomic E-state index is -1.40. The van der Waals surface area contributed by atoms with Crippen LogP contribution in [0.15, 0.2) is 0 Å². The monoisotopic (exact) mass is 662 g/mol. The average molecular weight is 663 g/mol. The van der Waals surface area contributed by atoms with Gasteiger partial charge < -0.3 is 47.4 Å². The summed E-state index contributed by atoms with van der Waals surface area (Å²) >= 11 is 0. The molecule has 2 heterocycles. The van der Waals surface area contributed by atoms with Crippen LogP contribution < -0.4 is 0 Å². The molecule has 2 rings (SSSR count). The molecule has 258 valence electrons. The van der Waals surface area contributed by atoms with Crippen molar-refractivity contribution in [3.63, 3.8) is 0 Å². The number of carbonyl (C=O) groups is 8. The SMILES string of the molecule is CC(=O)O[C@@H]1O[C@H](COC(=O)CCCCC(=O)OC[C@H]2O[C@@H](OC(C)=O)[C@H](OC(C)=O)[C@@H]2OC(C)=O)[C@@H](OC(C)=O)[C@H]1OC(C)=O. The van der Waals surface area contributed by atoms with Crippen LogP contribution in [-0.2, 0) is 85.7 Å². The molecule has 0 aromatic rings. The number of rotatable bonds is 15. The van der Waals surface area contributed by atoms with Gasteiger partial charge in [-0.15, -0.1) is 0 Å². The smallest absolute Gasteiger partial charge is 0.305 e. The highest BCUT2D eigenvalue weighted by Crippen LogP contribution is 2.30. The second-order valence-corrected chi connectivity index (χ2v) is 10.2. The van der Waals surface area contributed by atoms with Crippen molar-refractivity contribution in [3.05, 3.63) is 0 Å². The molecule has 2 saturated heterocycles. The molecule has 0 aromatic heterocycles. The summed E-state index contributed by atoms with van der Waals surface area (Å²) in [4.78, 5) is 93.9. The number of hydrogen-bond acceptors (Lipinski definition) is 18. The molecular weight excluding hydrogens is 624 g/mol. The van der Waals surface area contributed by atoms with Gasteiger partial charge in [-0.2, -0.15) is 0 Å². The summed E-state index contributed by atoms with van der Waals surface area (Å²) in [5.74, 6) is -5.87. The fourth-order valence-electron chi connectivity index (χ4n) is 4.50. The van der Waals surface area contributed by atoms with E-state index in [2.05, 4.69) is 0 Å². The lowest BCUT2D eigenvalue weighted by Gasteiger charge is -2.22. The zero-order valence-electron chi connectivity index (χ0n) is 26.2. The second-order valence-electron chi connectivity index (χ2n) is 10.2. The summed E-state index contributed by atoms with van der Waals surface area (Å²) in [5.41, 5.74) is 0. The highest BCUT2D eigenvalue weighted by molar-refractivity contribution is 5.71. The maximum absolute atomic E-state index is 12.3. The molecule has 46 heavy (non-hydrogen) atoms. The maximum Gasteiger partial charge on any atom is 0.305 e. The Morgan fingerprint density at radius 2 is 0.717 bits per heavy atom. The number of unbranched alkanes of at least 4 members (excludes halogenated alkanes) is 1. The van der Waals surface area contributed by atoms with Crippen LogP contribution in [0, 0.1) is 0 Å². The quantitative estimate of drug-likeness (QED) is 0.127. The van der Waals surface area contributed by atoms with Crippen LogP contribution >= 0.6 is 0 Å². The molecule has 0 N–H and O–H groups in total. The van der Waals surface area contributed by atoms with Crippen LogP contribution in [0.25, 0.3) is 0 Å². The van der Waals surface area contributed by atoms with Crippen molar-refractivity contribution in [1.29, 1.82) is 0 Å². The van der Waals surface area contributed by atoms with Crippen molar-refractivity contribution >= 4 is 47.8 Å². The van der Waals surface area contributed by atoms with E-state index in [1.807, 2.05) is 0 Å². The fourth-order valence-corrected chi connectivity index (χ4v) is 4.50. The van der Waals surface area contributed by atoms with Crippen LogP contribution in [0.4, 0.5) is 0 Å². The Labute approximate surface area is 263 Å². The summed E-state index contributed by atoms with van der Waals surface area (Å²) in [7, 11) is 0. The molecule has 18 nitrogen and oxygen atoms in total. The Balaban J connectivity index is 1.84. The second kappa shape index (κ2) is 18.0. The summed E-state index contributed by atoms with van der Waals surface area (Å²) in [5, 5.41) is 0. The lowest BCUT2D eigenvalue weighted by molar-refractivity contribution is -0.197. The summed E-state index contributed by atoms with van der Waals surface area (Å²) in [6.45, 7) is 5.76. The number of esters is 8. The van der Waals surface area contributed by atoms with Gasteiger partial charge in [0.1, 0.15) is 25.4 Å². The summed E-state index contributed by atoms with van der Waals surface area (Å²) < 4.78 is 52.1. The molecule has 2 fully saturated rings. The molecule has 0 saturated carbocycles. The van der Waals surface area contributed by atoms with E-state index in [0.29, 0.717) is 0 Å². The van der Waals surface area contributed by atoms with Crippen molar-refractivity contribution in [2.75, 3.05) is 13.2 Å². The molecule has 18 heteroatoms. The summed E-state index contributed by atoms with van der Waals surface area (Å²) in [6.07, 6.45) is -9.91. The van der Waals surface area contributed by atoms with Gasteiger partial charge in [-0.1, -0.05) is 0 Å². The Morgan fingerprint density at radius 3 is 1.00 bits per heavy atom. The molecule has 0 spiro atoms. The standard InChI is InChI=1S/C28H38O18/c1-13(29)39-23-19(45-27(43-17(5)33)25(23)41-15(3)31)11-37-21(35)9-7-8-10-22(36)38-12-20-24(40-14(2)30)26(42-16(4)32)28(46-20)44-18(6)34/h19-20,23-28H,7-12H2,1-6H3/t19-,20-,23-,24-,25-,26-,27-,28-/m1/s1. The van der Waals surface area contributed by atoms with E-state index in [0.717, 1.165) is 41.5 Å². The van der Waals surface area contributed by atoms with Gasteiger partial charge in [0.15, 0.2) is 12.2 Å². The van der Waals surface area contributed by atoms with Gasteiger partial charge in [0, 0.05) is 54.4 Å². The first-order chi connectivity index (χ1) is 21.6. The number of hydrogen-bond donors (Lipinski definition) is 0. The lowest BCUT2D eigenvalue weighted by atomic mass is 10.1. The van der Waals surface area contributed by atoms with Gasteiger partial charge in [0.2, 0.25) is 24.8 Å². The zero-order chi connectivity index (χ0) is 34.6. The van der Waals surface area contributed by atoms with E-state index >= 15 is 0 Å². The number of carbonyl (C=O) groups excluding carboxylic acids is 8. The Morgan fingerprint density at radius 1 is 0.435 bits per heavy atom. The van der Waals surface area contributed by atoms with Crippen LogP contribution in [0.1, 0.15) is 67.2 Å². The van der Waals surface area contributed by atoms with Gasteiger partial charge in [0.05, 0.1) is 0 Å². The molecule has 0 radical (unpaired) electrons. The van der Waals surface area contributed by atoms with E-state index < -0.39 is 110 Å². The van der Waals surface area contributed by atoms with Crippen molar-refractivity contribution < 1.29 is 85.7 Å². The van der Waals surface area contributed by atoms with Gasteiger partial charge >= 0.3 is 47.8 Å². The van der Waals surface area contributed by atoms with Crippen LogP contribution in [0.5, 0.6) is 0 Å². The van der Waals surface area contributed by atoms with Crippen LogP contribution in [0.3, 0.4) is 0 Å². The van der Waals surface area contributed by atoms with E-state index in [9.17, 15) is 38.4 Å². The highest BCUT2D eigenvalue weighted by atomic mass is 16.8. The average Bonchev–Trinajstić information content (AvgIpc) is 3.38. The first-order valence-corrected chi connectivity index (χ1v) is 14.2. The van der Waals surface area contributed by atoms with Crippen molar-refractivity contribution in [2.24, 2.45) is 0 Å².